The fourth-order valence-corrected chi connectivity index (χ4v) is 4.15. The molecule has 4 rings (SSSR count). The van der Waals surface area contributed by atoms with Crippen molar-refractivity contribution < 1.29 is 9.53 Å². The zero-order valence-corrected chi connectivity index (χ0v) is 19.9. The van der Waals surface area contributed by atoms with Crippen LogP contribution >= 0.6 is 0 Å². The molecule has 34 heavy (non-hydrogen) atoms. The molecule has 0 aliphatic carbocycles. The number of hydrogen-bond acceptors (Lipinski definition) is 7. The lowest BCUT2D eigenvalue weighted by Gasteiger charge is -2.35. The molecule has 1 amide bonds. The van der Waals surface area contributed by atoms with Crippen LogP contribution in [0.4, 0.5) is 0 Å². The largest absolute Gasteiger partial charge is 0.472 e. The molecular weight excluding hydrogens is 430 g/mol. The van der Waals surface area contributed by atoms with E-state index in [1.807, 2.05) is 55.1 Å². The quantitative estimate of drug-likeness (QED) is 0.373. The van der Waals surface area contributed by atoms with Crippen LogP contribution in [0.2, 0.25) is 0 Å². The summed E-state index contributed by atoms with van der Waals surface area (Å²) < 4.78 is 6.32. The molecule has 0 aromatic carbocycles. The van der Waals surface area contributed by atoms with Gasteiger partial charge in [0, 0.05) is 29.9 Å². The van der Waals surface area contributed by atoms with Gasteiger partial charge in [0.15, 0.2) is 11.3 Å². The molecule has 0 aliphatic heterocycles. The number of nitrogens with zero attached hydrogens (tertiary/aromatic N) is 7. The molecular formula is C25H29N7O2. The first kappa shape index (κ1) is 23.3. The van der Waals surface area contributed by atoms with E-state index in [1.165, 1.54) is 4.80 Å². The molecule has 0 N–H and O–H groups in total. The predicted molar refractivity (Wildman–Crippen MR) is 129 cm³/mol. The molecule has 4 aromatic rings. The van der Waals surface area contributed by atoms with Crippen molar-refractivity contribution in [2.24, 2.45) is 0 Å². The van der Waals surface area contributed by atoms with Crippen molar-refractivity contribution in [3.05, 3.63) is 66.4 Å². The molecule has 2 atom stereocenters. The van der Waals surface area contributed by atoms with E-state index in [4.69, 9.17) is 4.74 Å². The number of fused-ring (bicyclic) bond motifs is 1. The number of rotatable bonds is 9. The van der Waals surface area contributed by atoms with Crippen molar-refractivity contribution in [1.82, 2.24) is 34.8 Å². The number of aromatic nitrogens is 6. The first-order valence-corrected chi connectivity index (χ1v) is 11.6. The second kappa shape index (κ2) is 10.4. The summed E-state index contributed by atoms with van der Waals surface area (Å²) in [4.78, 5) is 30.5. The minimum atomic E-state index is -0.251. The zero-order valence-electron chi connectivity index (χ0n) is 19.9. The van der Waals surface area contributed by atoms with Crippen molar-refractivity contribution in [3.8, 4) is 11.6 Å². The summed E-state index contributed by atoms with van der Waals surface area (Å²) in [6.45, 7) is 8.44. The third kappa shape index (κ3) is 4.73. The van der Waals surface area contributed by atoms with Crippen molar-refractivity contribution in [2.45, 2.75) is 52.7 Å². The second-order valence-corrected chi connectivity index (χ2v) is 7.97. The number of carbonyl (C=O) groups is 1. The van der Waals surface area contributed by atoms with E-state index < -0.39 is 0 Å². The molecule has 9 nitrogen and oxygen atoms in total. The van der Waals surface area contributed by atoms with Gasteiger partial charge in [-0.05, 0) is 57.0 Å². The maximum absolute atomic E-state index is 13.8. The summed E-state index contributed by atoms with van der Waals surface area (Å²) in [5, 5.41) is 9.34. The summed E-state index contributed by atoms with van der Waals surface area (Å²) in [7, 11) is 0. The molecule has 2 unspecified atom stereocenters. The van der Waals surface area contributed by atoms with Gasteiger partial charge in [-0.15, -0.1) is 4.80 Å². The molecule has 0 fully saturated rings. The Morgan fingerprint density at radius 3 is 2.50 bits per heavy atom. The maximum atomic E-state index is 13.8. The second-order valence-electron chi connectivity index (χ2n) is 7.97. The molecule has 176 valence electrons. The van der Waals surface area contributed by atoms with E-state index >= 15 is 0 Å². The van der Waals surface area contributed by atoms with Gasteiger partial charge in [-0.3, -0.25) is 4.79 Å². The average Bonchev–Trinajstić information content (AvgIpc) is 3.40. The SMILES string of the molecule is CCC(Oc1ccc2cccnc2n1)C(CC)N(CC)C(=O)c1nc(C)ccc1-n1nccn1. The van der Waals surface area contributed by atoms with Crippen LogP contribution in [-0.2, 0) is 0 Å². The highest BCUT2D eigenvalue weighted by Gasteiger charge is 2.32. The monoisotopic (exact) mass is 459 g/mol. The van der Waals surface area contributed by atoms with Gasteiger partial charge in [-0.25, -0.2) is 9.97 Å². The Labute approximate surface area is 198 Å². The highest BCUT2D eigenvalue weighted by Crippen LogP contribution is 2.23. The van der Waals surface area contributed by atoms with Crippen LogP contribution in [0.3, 0.4) is 0 Å². The van der Waals surface area contributed by atoms with Gasteiger partial charge in [0.1, 0.15) is 11.8 Å². The number of pyridine rings is 3. The van der Waals surface area contributed by atoms with Crippen LogP contribution in [-0.4, -0.2) is 59.4 Å². The van der Waals surface area contributed by atoms with Crippen molar-refractivity contribution in [1.29, 1.82) is 0 Å². The lowest BCUT2D eigenvalue weighted by atomic mass is 10.0. The normalized spacial score (nSPS) is 12.9. The highest BCUT2D eigenvalue weighted by atomic mass is 16.5. The van der Waals surface area contributed by atoms with E-state index in [0.29, 0.717) is 42.3 Å². The van der Waals surface area contributed by atoms with E-state index in [2.05, 4.69) is 39.0 Å². The molecule has 0 saturated heterocycles. The minimum absolute atomic E-state index is 0.176. The highest BCUT2D eigenvalue weighted by molar-refractivity contribution is 5.96. The Bertz CT molecular complexity index is 1260. The van der Waals surface area contributed by atoms with Crippen LogP contribution in [0, 0.1) is 6.92 Å². The number of ether oxygens (including phenoxy) is 1. The van der Waals surface area contributed by atoms with Crippen LogP contribution in [0.15, 0.2) is 55.0 Å². The number of hydrogen-bond donors (Lipinski definition) is 0. The molecule has 0 bridgehead atoms. The van der Waals surface area contributed by atoms with E-state index in [0.717, 1.165) is 11.1 Å². The Hall–Kier alpha value is -3.88. The summed E-state index contributed by atoms with van der Waals surface area (Å²) in [5.41, 5.74) is 2.25. The number of carbonyl (C=O) groups excluding carboxylic acids is 1. The van der Waals surface area contributed by atoms with Gasteiger partial charge >= 0.3 is 0 Å². The first-order chi connectivity index (χ1) is 16.5. The summed E-state index contributed by atoms with van der Waals surface area (Å²) in [6, 6.07) is 11.1. The Balaban J connectivity index is 1.64. The van der Waals surface area contributed by atoms with Crippen molar-refractivity contribution >= 4 is 16.9 Å². The van der Waals surface area contributed by atoms with Gasteiger partial charge in [0.2, 0.25) is 5.88 Å². The van der Waals surface area contributed by atoms with Crippen LogP contribution in [0.1, 0.15) is 49.8 Å². The predicted octanol–water partition coefficient (Wildman–Crippen LogP) is 4.01. The van der Waals surface area contributed by atoms with Gasteiger partial charge < -0.3 is 9.64 Å². The lowest BCUT2D eigenvalue weighted by molar-refractivity contribution is 0.0412. The Morgan fingerprint density at radius 2 is 1.79 bits per heavy atom. The Kier molecular flexibility index (Phi) is 7.10. The summed E-state index contributed by atoms with van der Waals surface area (Å²) in [6.07, 6.45) is 6.03. The molecule has 9 heteroatoms. The fraction of sp³-hybridized carbons (Fsp3) is 0.360. The molecule has 4 heterocycles. The molecule has 0 aliphatic rings. The third-order valence-corrected chi connectivity index (χ3v) is 5.81. The molecule has 0 saturated carbocycles. The van der Waals surface area contributed by atoms with Crippen molar-refractivity contribution in [2.75, 3.05) is 6.54 Å². The topological polar surface area (TPSA) is 98.9 Å². The molecule has 0 radical (unpaired) electrons. The van der Waals surface area contributed by atoms with Crippen LogP contribution in [0.5, 0.6) is 5.88 Å². The molecule has 4 aromatic heterocycles. The maximum Gasteiger partial charge on any atom is 0.275 e. The van der Waals surface area contributed by atoms with Gasteiger partial charge in [0.25, 0.3) is 5.91 Å². The van der Waals surface area contributed by atoms with E-state index in [1.54, 1.807) is 18.6 Å². The average molecular weight is 460 g/mol. The third-order valence-electron chi connectivity index (χ3n) is 5.81. The van der Waals surface area contributed by atoms with Gasteiger partial charge in [0.05, 0.1) is 18.4 Å². The summed E-state index contributed by atoms with van der Waals surface area (Å²) in [5.74, 6) is 0.315. The lowest BCUT2D eigenvalue weighted by Crippen LogP contribution is -2.49. The zero-order chi connectivity index (χ0) is 24.1. The van der Waals surface area contributed by atoms with E-state index in [9.17, 15) is 4.79 Å². The smallest absolute Gasteiger partial charge is 0.275 e. The van der Waals surface area contributed by atoms with Crippen LogP contribution in [0.25, 0.3) is 16.7 Å². The Morgan fingerprint density at radius 1 is 1.00 bits per heavy atom. The summed E-state index contributed by atoms with van der Waals surface area (Å²) >= 11 is 0. The van der Waals surface area contributed by atoms with Crippen molar-refractivity contribution in [3.63, 3.8) is 0 Å². The number of amides is 1. The number of likely N-dealkylation sites (N-methyl/N-ethyl adjacent to an activating group) is 1. The fourth-order valence-electron chi connectivity index (χ4n) is 4.15. The first-order valence-electron chi connectivity index (χ1n) is 11.6. The molecule has 0 spiro atoms. The number of aryl methyl sites for hydroxylation is 1. The van der Waals surface area contributed by atoms with Crippen LogP contribution < -0.4 is 4.74 Å². The van der Waals surface area contributed by atoms with Gasteiger partial charge in [-0.2, -0.15) is 15.2 Å². The minimum Gasteiger partial charge on any atom is -0.472 e. The van der Waals surface area contributed by atoms with E-state index in [-0.39, 0.29) is 18.1 Å². The standard InChI is InChI=1S/C25H29N7O2/c1-5-19(21(6-2)34-22-13-11-18-9-8-14-26-24(18)30-22)31(7-3)25(33)23-20(12-10-17(4)29-23)32-27-15-16-28-32/h8-16,19,21H,5-7H2,1-4H3. The van der Waals surface area contributed by atoms with Gasteiger partial charge in [-0.1, -0.05) is 13.8 Å².